The second kappa shape index (κ2) is 5.41. The molecule has 0 aliphatic heterocycles. The summed E-state index contributed by atoms with van der Waals surface area (Å²) >= 11 is 5.42. The Hall–Kier alpha value is -1.69. The van der Waals surface area contributed by atoms with Gasteiger partial charge in [-0.15, -0.1) is 0 Å². The van der Waals surface area contributed by atoms with Crippen LogP contribution >= 0.6 is 11.6 Å². The molecule has 1 aromatic heterocycles. The lowest BCUT2D eigenvalue weighted by Crippen LogP contribution is -2.31. The van der Waals surface area contributed by atoms with Crippen molar-refractivity contribution in [1.29, 1.82) is 0 Å². The first-order valence-electron chi connectivity index (χ1n) is 4.32. The fourth-order valence-corrected chi connectivity index (χ4v) is 1.27. The molecule has 1 aromatic rings. The van der Waals surface area contributed by atoms with Gasteiger partial charge in [0.05, 0.1) is 5.69 Å². The Bertz CT molecular complexity index is 414. The van der Waals surface area contributed by atoms with Crippen molar-refractivity contribution in [2.45, 2.75) is 6.42 Å². The molecule has 16 heavy (non-hydrogen) atoms. The summed E-state index contributed by atoms with van der Waals surface area (Å²) in [6, 6.07) is 1.18. The van der Waals surface area contributed by atoms with Gasteiger partial charge >= 0.3 is 6.09 Å². The van der Waals surface area contributed by atoms with Gasteiger partial charge in [-0.05, 0) is 6.07 Å². The molecule has 1 heterocycles. The van der Waals surface area contributed by atoms with Crippen molar-refractivity contribution in [2.75, 3.05) is 11.4 Å². The van der Waals surface area contributed by atoms with Gasteiger partial charge in [0.2, 0.25) is 0 Å². The average Bonchev–Trinajstić information content (AvgIpc) is 2.24. The number of pyridine rings is 1. The summed E-state index contributed by atoms with van der Waals surface area (Å²) in [6.07, 6.45) is 0.364. The minimum Gasteiger partial charge on any atom is -0.465 e. The molecule has 0 saturated heterocycles. The standard InChI is InChI=1S/C9H8ClFN2O3/c10-8-7(11)6(2-3-12-8)13(9(15)16)4-1-5-14/h2-3,5H,1,4H2,(H,15,16). The number of halogens is 2. The van der Waals surface area contributed by atoms with Crippen LogP contribution in [0.1, 0.15) is 6.42 Å². The van der Waals surface area contributed by atoms with Crippen molar-refractivity contribution in [2.24, 2.45) is 0 Å². The molecule has 0 spiro atoms. The van der Waals surface area contributed by atoms with Crippen LogP contribution in [0.15, 0.2) is 12.3 Å². The largest absolute Gasteiger partial charge is 0.465 e. The summed E-state index contributed by atoms with van der Waals surface area (Å²) in [5.41, 5.74) is -0.214. The molecule has 1 rings (SSSR count). The maximum Gasteiger partial charge on any atom is 0.411 e. The number of carbonyl (C=O) groups excluding carboxylic acids is 1. The zero-order valence-corrected chi connectivity index (χ0v) is 8.82. The molecule has 0 radical (unpaired) electrons. The summed E-state index contributed by atoms with van der Waals surface area (Å²) < 4.78 is 13.5. The zero-order chi connectivity index (χ0) is 12.1. The van der Waals surface area contributed by atoms with Gasteiger partial charge in [0.1, 0.15) is 6.29 Å². The average molecular weight is 247 g/mol. The highest BCUT2D eigenvalue weighted by molar-refractivity contribution is 6.29. The van der Waals surface area contributed by atoms with Crippen LogP contribution in [0.3, 0.4) is 0 Å². The predicted molar refractivity (Wildman–Crippen MR) is 55.3 cm³/mol. The minimum absolute atomic E-state index is 0.0221. The Balaban J connectivity index is 3.05. The van der Waals surface area contributed by atoms with Gasteiger partial charge in [-0.2, -0.15) is 0 Å². The second-order valence-electron chi connectivity index (χ2n) is 2.82. The van der Waals surface area contributed by atoms with Crippen molar-refractivity contribution in [1.82, 2.24) is 4.98 Å². The molecule has 0 aliphatic carbocycles. The maximum absolute atomic E-state index is 13.5. The Morgan fingerprint density at radius 1 is 1.69 bits per heavy atom. The van der Waals surface area contributed by atoms with Crippen LogP contribution in [-0.4, -0.2) is 29.0 Å². The van der Waals surface area contributed by atoms with Crippen molar-refractivity contribution >= 4 is 29.7 Å². The van der Waals surface area contributed by atoms with Crippen LogP contribution in [0.4, 0.5) is 14.9 Å². The van der Waals surface area contributed by atoms with E-state index >= 15 is 0 Å². The molecule has 0 unspecified atom stereocenters. The third-order valence-corrected chi connectivity index (χ3v) is 2.08. The fourth-order valence-electron chi connectivity index (χ4n) is 1.12. The maximum atomic E-state index is 13.5. The summed E-state index contributed by atoms with van der Waals surface area (Å²) in [5.74, 6) is -0.919. The van der Waals surface area contributed by atoms with E-state index in [1.54, 1.807) is 0 Å². The summed E-state index contributed by atoms with van der Waals surface area (Å²) in [4.78, 5) is 25.2. The van der Waals surface area contributed by atoms with Crippen LogP contribution in [0, 0.1) is 5.82 Å². The Kier molecular flexibility index (Phi) is 4.19. The summed E-state index contributed by atoms with van der Waals surface area (Å²) in [7, 11) is 0. The molecule has 7 heteroatoms. The van der Waals surface area contributed by atoms with Gasteiger partial charge < -0.3 is 9.90 Å². The zero-order valence-electron chi connectivity index (χ0n) is 8.06. The van der Waals surface area contributed by atoms with Gasteiger partial charge in [0.25, 0.3) is 0 Å². The van der Waals surface area contributed by atoms with E-state index in [-0.39, 0.29) is 18.7 Å². The lowest BCUT2D eigenvalue weighted by atomic mass is 10.3. The van der Waals surface area contributed by atoms with E-state index < -0.39 is 17.1 Å². The molecule has 86 valence electrons. The highest BCUT2D eigenvalue weighted by Gasteiger charge is 2.19. The number of hydrogen-bond acceptors (Lipinski definition) is 3. The molecule has 0 aliphatic rings. The molecular weight excluding hydrogens is 239 g/mol. The highest BCUT2D eigenvalue weighted by Crippen LogP contribution is 2.23. The minimum atomic E-state index is -1.36. The van der Waals surface area contributed by atoms with E-state index in [0.29, 0.717) is 11.2 Å². The lowest BCUT2D eigenvalue weighted by molar-refractivity contribution is -0.107. The normalized spacial score (nSPS) is 9.88. The molecule has 0 bridgehead atoms. The number of aromatic nitrogens is 1. The number of anilines is 1. The van der Waals surface area contributed by atoms with Crippen LogP contribution in [0.25, 0.3) is 0 Å². The number of carbonyl (C=O) groups is 2. The van der Waals surface area contributed by atoms with Crippen LogP contribution < -0.4 is 4.90 Å². The van der Waals surface area contributed by atoms with Crippen molar-refractivity contribution < 1.29 is 19.1 Å². The second-order valence-corrected chi connectivity index (χ2v) is 3.18. The smallest absolute Gasteiger partial charge is 0.411 e. The van der Waals surface area contributed by atoms with Gasteiger partial charge in [0, 0.05) is 19.2 Å². The van der Waals surface area contributed by atoms with E-state index in [2.05, 4.69) is 4.98 Å². The van der Waals surface area contributed by atoms with Gasteiger partial charge in [-0.3, -0.25) is 4.90 Å². The van der Waals surface area contributed by atoms with E-state index in [1.165, 1.54) is 12.3 Å². The van der Waals surface area contributed by atoms with Crippen LogP contribution in [0.5, 0.6) is 0 Å². The summed E-state index contributed by atoms with van der Waals surface area (Å²) in [6.45, 7) is -0.129. The topological polar surface area (TPSA) is 70.5 Å². The molecular formula is C9H8ClFN2O3. The number of amides is 1. The van der Waals surface area contributed by atoms with Crippen molar-refractivity contribution in [3.8, 4) is 0 Å². The van der Waals surface area contributed by atoms with Crippen LogP contribution in [-0.2, 0) is 4.79 Å². The SMILES string of the molecule is O=CCCN(C(=O)O)c1ccnc(Cl)c1F. The fraction of sp³-hybridized carbons (Fsp3) is 0.222. The quantitative estimate of drug-likeness (QED) is 0.651. The third-order valence-electron chi connectivity index (χ3n) is 1.82. The number of hydrogen-bond donors (Lipinski definition) is 1. The number of nitrogens with zero attached hydrogens (tertiary/aromatic N) is 2. The monoisotopic (exact) mass is 246 g/mol. The third kappa shape index (κ3) is 2.66. The first kappa shape index (κ1) is 12.4. The molecule has 0 aromatic carbocycles. The van der Waals surface area contributed by atoms with E-state index in [1.807, 2.05) is 0 Å². The molecule has 0 fully saturated rings. The molecule has 0 atom stereocenters. The Morgan fingerprint density at radius 3 is 2.94 bits per heavy atom. The summed E-state index contributed by atoms with van der Waals surface area (Å²) in [5, 5.41) is 8.44. The molecule has 0 saturated carbocycles. The van der Waals surface area contributed by atoms with Gasteiger partial charge in [-0.1, -0.05) is 11.6 Å². The highest BCUT2D eigenvalue weighted by atomic mass is 35.5. The van der Waals surface area contributed by atoms with Crippen LogP contribution in [0.2, 0.25) is 5.15 Å². The molecule has 1 N–H and O–H groups in total. The predicted octanol–water partition coefficient (Wildman–Crippen LogP) is 1.95. The van der Waals surface area contributed by atoms with E-state index in [0.717, 1.165) is 0 Å². The number of aldehydes is 1. The Morgan fingerprint density at radius 2 is 2.38 bits per heavy atom. The van der Waals surface area contributed by atoms with Gasteiger partial charge in [0.15, 0.2) is 11.0 Å². The molecule has 5 nitrogen and oxygen atoms in total. The van der Waals surface area contributed by atoms with Gasteiger partial charge in [-0.25, -0.2) is 14.2 Å². The first-order valence-corrected chi connectivity index (χ1v) is 4.69. The number of rotatable bonds is 4. The number of carboxylic acid groups (broad SMARTS) is 1. The van der Waals surface area contributed by atoms with E-state index in [4.69, 9.17) is 16.7 Å². The first-order chi connectivity index (χ1) is 7.57. The van der Waals surface area contributed by atoms with Crippen molar-refractivity contribution in [3.05, 3.63) is 23.2 Å². The van der Waals surface area contributed by atoms with Crippen molar-refractivity contribution in [3.63, 3.8) is 0 Å². The van der Waals surface area contributed by atoms with E-state index in [9.17, 15) is 14.0 Å². The molecule has 1 amide bonds. The Labute approximate surface area is 95.5 Å². The lowest BCUT2D eigenvalue weighted by Gasteiger charge is -2.18.